The molecule has 0 amide bonds. The average Bonchev–Trinajstić information content (AvgIpc) is 2.62. The molecule has 0 bridgehead atoms. The number of rotatable bonds is 4. The first-order valence-corrected chi connectivity index (χ1v) is 8.28. The molecule has 6 nitrogen and oxygen atoms in total. The van der Waals surface area contributed by atoms with Gasteiger partial charge < -0.3 is 11.5 Å². The van der Waals surface area contributed by atoms with Crippen LogP contribution in [0.4, 0.5) is 0 Å². The van der Waals surface area contributed by atoms with E-state index >= 15 is 0 Å². The number of nitrogens with two attached hydrogens (primary N) is 2. The molecule has 0 aromatic carbocycles. The summed E-state index contributed by atoms with van der Waals surface area (Å²) in [6.07, 6.45) is 7.12. The van der Waals surface area contributed by atoms with Crippen molar-refractivity contribution in [3.05, 3.63) is 41.4 Å². The van der Waals surface area contributed by atoms with E-state index in [1.807, 2.05) is 6.07 Å². The first kappa shape index (κ1) is 17.8. The predicted octanol–water partition coefficient (Wildman–Crippen LogP) is 2.20. The van der Waals surface area contributed by atoms with E-state index in [9.17, 15) is 4.79 Å². The zero-order valence-electron chi connectivity index (χ0n) is 14.3. The molecule has 24 heavy (non-hydrogen) atoms. The summed E-state index contributed by atoms with van der Waals surface area (Å²) in [5.74, 6) is 0.553. The van der Waals surface area contributed by atoms with Crippen LogP contribution in [0.2, 0.25) is 0 Å². The molecule has 1 aliphatic rings. The summed E-state index contributed by atoms with van der Waals surface area (Å²) in [5, 5.41) is 0. The van der Waals surface area contributed by atoms with Gasteiger partial charge in [0.1, 0.15) is 5.69 Å². The summed E-state index contributed by atoms with van der Waals surface area (Å²) in [6.45, 7) is 1.49. The van der Waals surface area contributed by atoms with Gasteiger partial charge in [-0.25, -0.2) is 4.99 Å². The third-order valence-electron chi connectivity index (χ3n) is 4.27. The van der Waals surface area contributed by atoms with Crippen molar-refractivity contribution in [2.24, 2.45) is 27.4 Å². The number of pyridine rings is 1. The maximum Gasteiger partial charge on any atom is 0.165 e. The molecule has 6 heteroatoms. The molecule has 4 N–H and O–H groups in total. The number of hydrogen-bond acceptors (Lipinski definition) is 4. The van der Waals surface area contributed by atoms with Gasteiger partial charge in [-0.3, -0.25) is 14.8 Å². The zero-order chi connectivity index (χ0) is 17.5. The zero-order valence-corrected chi connectivity index (χ0v) is 14.3. The van der Waals surface area contributed by atoms with Crippen molar-refractivity contribution < 1.29 is 4.79 Å². The quantitative estimate of drug-likeness (QED) is 0.502. The number of amidine groups is 2. The third kappa shape index (κ3) is 4.28. The fraction of sp³-hybridized carbons (Fsp3) is 0.444. The van der Waals surface area contributed by atoms with Crippen LogP contribution in [0.3, 0.4) is 0 Å². The molecule has 0 saturated heterocycles. The summed E-state index contributed by atoms with van der Waals surface area (Å²) in [4.78, 5) is 24.8. The highest BCUT2D eigenvalue weighted by molar-refractivity contribution is 6.24. The van der Waals surface area contributed by atoms with Crippen LogP contribution in [-0.4, -0.2) is 29.5 Å². The molecule has 0 atom stereocenters. The summed E-state index contributed by atoms with van der Waals surface area (Å²) >= 11 is 0. The van der Waals surface area contributed by atoms with Gasteiger partial charge in [-0.2, -0.15) is 0 Å². The van der Waals surface area contributed by atoms with Crippen LogP contribution in [0.25, 0.3) is 0 Å². The molecule has 0 unspecified atom stereocenters. The Morgan fingerprint density at radius 1 is 1.21 bits per heavy atom. The van der Waals surface area contributed by atoms with Gasteiger partial charge in [-0.15, -0.1) is 0 Å². The van der Waals surface area contributed by atoms with Crippen molar-refractivity contribution in [1.29, 1.82) is 0 Å². The number of Topliss-reactive ketones (excluding diaryl/α,β-unsaturated/α-hetero) is 1. The SMILES string of the molecule is CN=C(N=C(N)c1ccccn1)C(C(C)=O)=C(N)C1CCCCC1. The van der Waals surface area contributed by atoms with E-state index in [1.165, 1.54) is 13.3 Å². The number of allylic oxidation sites excluding steroid dienone is 1. The Hall–Kier alpha value is -2.50. The molecule has 0 radical (unpaired) electrons. The van der Waals surface area contributed by atoms with E-state index in [0.29, 0.717) is 17.0 Å². The minimum Gasteiger partial charge on any atom is -0.401 e. The number of ketones is 1. The molecule has 1 aromatic rings. The highest BCUT2D eigenvalue weighted by atomic mass is 16.1. The molecule has 1 fully saturated rings. The Labute approximate surface area is 142 Å². The van der Waals surface area contributed by atoms with Crippen LogP contribution >= 0.6 is 0 Å². The molecular formula is C18H25N5O. The van der Waals surface area contributed by atoms with E-state index < -0.39 is 0 Å². The van der Waals surface area contributed by atoms with Gasteiger partial charge in [-0.1, -0.05) is 25.3 Å². The number of aromatic nitrogens is 1. The Kier molecular flexibility index (Phi) is 6.23. The van der Waals surface area contributed by atoms with Crippen molar-refractivity contribution in [1.82, 2.24) is 4.98 Å². The Morgan fingerprint density at radius 2 is 1.92 bits per heavy atom. The van der Waals surface area contributed by atoms with Crippen molar-refractivity contribution >= 4 is 17.5 Å². The highest BCUT2D eigenvalue weighted by Crippen LogP contribution is 2.29. The fourth-order valence-electron chi connectivity index (χ4n) is 3.01. The molecular weight excluding hydrogens is 302 g/mol. The number of carbonyl (C=O) groups excluding carboxylic acids is 1. The largest absolute Gasteiger partial charge is 0.401 e. The minimum atomic E-state index is -0.142. The third-order valence-corrected chi connectivity index (χ3v) is 4.27. The molecule has 1 aliphatic carbocycles. The lowest BCUT2D eigenvalue weighted by Gasteiger charge is -2.23. The van der Waals surface area contributed by atoms with Gasteiger partial charge >= 0.3 is 0 Å². The minimum absolute atomic E-state index is 0.142. The maximum absolute atomic E-state index is 12.2. The molecule has 1 saturated carbocycles. The average molecular weight is 327 g/mol. The number of aliphatic imine (C=N–C) groups is 2. The van der Waals surface area contributed by atoms with Crippen LogP contribution in [0, 0.1) is 5.92 Å². The first-order valence-electron chi connectivity index (χ1n) is 8.28. The second kappa shape index (κ2) is 8.38. The van der Waals surface area contributed by atoms with Crippen LogP contribution in [0.1, 0.15) is 44.7 Å². The fourth-order valence-corrected chi connectivity index (χ4v) is 3.01. The lowest BCUT2D eigenvalue weighted by Crippen LogP contribution is -2.25. The Bertz CT molecular complexity index is 670. The molecule has 0 spiro atoms. The van der Waals surface area contributed by atoms with E-state index in [4.69, 9.17) is 11.5 Å². The molecule has 0 aliphatic heterocycles. The second-order valence-corrected chi connectivity index (χ2v) is 5.98. The lowest BCUT2D eigenvalue weighted by atomic mass is 9.84. The normalized spacial score (nSPS) is 18.2. The number of hydrogen-bond donors (Lipinski definition) is 2. The lowest BCUT2D eigenvalue weighted by molar-refractivity contribution is -0.113. The highest BCUT2D eigenvalue weighted by Gasteiger charge is 2.24. The number of carbonyl (C=O) groups is 1. The van der Waals surface area contributed by atoms with Gasteiger partial charge in [0.2, 0.25) is 0 Å². The summed E-state index contributed by atoms with van der Waals surface area (Å²) in [6, 6.07) is 5.38. The van der Waals surface area contributed by atoms with E-state index in [1.54, 1.807) is 25.4 Å². The monoisotopic (exact) mass is 327 g/mol. The van der Waals surface area contributed by atoms with Crippen molar-refractivity contribution in [3.63, 3.8) is 0 Å². The Morgan fingerprint density at radius 3 is 2.46 bits per heavy atom. The summed E-state index contributed by atoms with van der Waals surface area (Å²) in [5.41, 5.74) is 13.9. The Balaban J connectivity index is 2.39. The topological polar surface area (TPSA) is 107 Å². The molecule has 1 heterocycles. The molecule has 128 valence electrons. The van der Waals surface area contributed by atoms with E-state index in [-0.39, 0.29) is 23.4 Å². The van der Waals surface area contributed by atoms with Crippen LogP contribution in [-0.2, 0) is 4.79 Å². The van der Waals surface area contributed by atoms with Crippen LogP contribution < -0.4 is 11.5 Å². The van der Waals surface area contributed by atoms with Gasteiger partial charge in [0, 0.05) is 18.9 Å². The van der Waals surface area contributed by atoms with Gasteiger partial charge in [0.15, 0.2) is 17.5 Å². The summed E-state index contributed by atoms with van der Waals surface area (Å²) < 4.78 is 0. The summed E-state index contributed by atoms with van der Waals surface area (Å²) in [7, 11) is 1.58. The van der Waals surface area contributed by atoms with E-state index in [2.05, 4.69) is 15.0 Å². The maximum atomic E-state index is 12.2. The van der Waals surface area contributed by atoms with Gasteiger partial charge in [0.05, 0.1) is 5.57 Å². The molecule has 2 rings (SSSR count). The van der Waals surface area contributed by atoms with Crippen molar-refractivity contribution in [2.45, 2.75) is 39.0 Å². The molecule has 1 aromatic heterocycles. The van der Waals surface area contributed by atoms with Gasteiger partial charge in [0.25, 0.3) is 0 Å². The van der Waals surface area contributed by atoms with Gasteiger partial charge in [-0.05, 0) is 37.8 Å². The first-order chi connectivity index (χ1) is 11.5. The number of nitrogens with zero attached hydrogens (tertiary/aromatic N) is 3. The van der Waals surface area contributed by atoms with Crippen molar-refractivity contribution in [2.75, 3.05) is 7.05 Å². The van der Waals surface area contributed by atoms with E-state index in [0.717, 1.165) is 25.7 Å². The predicted molar refractivity (Wildman–Crippen MR) is 96.8 cm³/mol. The van der Waals surface area contributed by atoms with Crippen molar-refractivity contribution in [3.8, 4) is 0 Å². The second-order valence-electron chi connectivity index (χ2n) is 5.98. The smallest absolute Gasteiger partial charge is 0.165 e. The van der Waals surface area contributed by atoms with Crippen LogP contribution in [0.15, 0.2) is 45.7 Å². The van der Waals surface area contributed by atoms with Crippen LogP contribution in [0.5, 0.6) is 0 Å². The standard InChI is InChI=1S/C18H25N5O/c1-12(24)15(16(19)13-8-4-3-5-9-13)18(21-2)23-17(20)14-10-6-7-11-22-14/h6-7,10-11,13H,3-5,8-9,19H2,1-2H3,(H2,20,21,23).